The molecule has 0 aliphatic heterocycles. The summed E-state index contributed by atoms with van der Waals surface area (Å²) in [6, 6.07) is 11.0. The van der Waals surface area contributed by atoms with Crippen LogP contribution in [-0.2, 0) is 0 Å². The Labute approximate surface area is 190 Å². The number of hydrogen-bond acceptors (Lipinski definition) is 8. The van der Waals surface area contributed by atoms with Crippen molar-refractivity contribution in [3.05, 3.63) is 69.9 Å². The first kappa shape index (κ1) is 23.3. The van der Waals surface area contributed by atoms with E-state index in [9.17, 15) is 14.9 Å². The van der Waals surface area contributed by atoms with Gasteiger partial charge in [-0.15, -0.1) is 0 Å². The van der Waals surface area contributed by atoms with Crippen LogP contribution in [-0.4, -0.2) is 36.6 Å². The van der Waals surface area contributed by atoms with Gasteiger partial charge >= 0.3 is 0 Å². The summed E-state index contributed by atoms with van der Waals surface area (Å²) in [4.78, 5) is 27.8. The molecule has 0 radical (unpaired) electrons. The molecule has 1 aromatic heterocycles. The zero-order valence-corrected chi connectivity index (χ0v) is 18.6. The Morgan fingerprint density at radius 3 is 2.36 bits per heavy atom. The second-order valence-electron chi connectivity index (χ2n) is 6.81. The Morgan fingerprint density at radius 2 is 1.76 bits per heavy atom. The summed E-state index contributed by atoms with van der Waals surface area (Å²) in [6.07, 6.45) is 1.38. The maximum absolute atomic E-state index is 12.8. The van der Waals surface area contributed by atoms with E-state index in [1.807, 2.05) is 19.1 Å². The first-order chi connectivity index (χ1) is 15.9. The molecule has 10 nitrogen and oxygen atoms in total. The number of nitrogens with zero attached hydrogens (tertiary/aromatic N) is 2. The van der Waals surface area contributed by atoms with Gasteiger partial charge in [0.2, 0.25) is 5.88 Å². The molecule has 10 heteroatoms. The first-order valence-corrected chi connectivity index (χ1v) is 9.95. The summed E-state index contributed by atoms with van der Waals surface area (Å²) in [5, 5.41) is 14.1. The van der Waals surface area contributed by atoms with Gasteiger partial charge in [0.15, 0.2) is 23.0 Å². The highest BCUT2D eigenvalue weighted by Gasteiger charge is 2.25. The Morgan fingerprint density at radius 1 is 1.03 bits per heavy atom. The Balaban J connectivity index is 1.81. The molecule has 1 heterocycles. The third-order valence-corrected chi connectivity index (χ3v) is 4.55. The van der Waals surface area contributed by atoms with Crippen molar-refractivity contribution in [1.29, 1.82) is 0 Å². The van der Waals surface area contributed by atoms with Gasteiger partial charge in [-0.3, -0.25) is 14.9 Å². The number of nitro groups is 1. The van der Waals surface area contributed by atoms with Gasteiger partial charge in [0, 0.05) is 12.1 Å². The van der Waals surface area contributed by atoms with E-state index >= 15 is 0 Å². The van der Waals surface area contributed by atoms with E-state index in [2.05, 4.69) is 10.3 Å². The predicted octanol–water partition coefficient (Wildman–Crippen LogP) is 4.76. The number of nitro benzene ring substituents is 1. The number of ether oxygens (including phenoxy) is 4. The quantitative estimate of drug-likeness (QED) is 0.363. The molecule has 33 heavy (non-hydrogen) atoms. The third-order valence-electron chi connectivity index (χ3n) is 4.55. The summed E-state index contributed by atoms with van der Waals surface area (Å²) in [5.74, 6) is 1.03. The fourth-order valence-electron chi connectivity index (χ4n) is 2.99. The molecule has 0 bridgehead atoms. The molecular formula is C23H23N3O7. The molecule has 0 unspecified atom stereocenters. The van der Waals surface area contributed by atoms with Crippen LogP contribution in [0, 0.1) is 17.0 Å². The van der Waals surface area contributed by atoms with Crippen LogP contribution >= 0.6 is 0 Å². The fourth-order valence-corrected chi connectivity index (χ4v) is 2.99. The molecule has 0 aliphatic carbocycles. The maximum Gasteiger partial charge on any atom is 0.286 e. The van der Waals surface area contributed by atoms with E-state index in [-0.39, 0.29) is 22.9 Å². The second-order valence-corrected chi connectivity index (χ2v) is 6.81. The number of benzene rings is 2. The molecule has 1 N–H and O–H groups in total. The number of hydrogen-bond donors (Lipinski definition) is 1. The maximum atomic E-state index is 12.8. The Bertz CT molecular complexity index is 1160. The van der Waals surface area contributed by atoms with Crippen molar-refractivity contribution in [3.63, 3.8) is 0 Å². The number of amides is 1. The molecule has 1 amide bonds. The van der Waals surface area contributed by atoms with Crippen molar-refractivity contribution in [2.45, 2.75) is 13.8 Å². The Hall–Kier alpha value is -4.34. The van der Waals surface area contributed by atoms with Gasteiger partial charge in [0.05, 0.1) is 43.7 Å². The molecule has 3 aromatic rings. The van der Waals surface area contributed by atoms with Crippen molar-refractivity contribution in [3.8, 4) is 28.9 Å². The van der Waals surface area contributed by atoms with Crippen molar-refractivity contribution < 1.29 is 28.7 Å². The smallest absolute Gasteiger partial charge is 0.286 e. The highest BCUT2D eigenvalue weighted by atomic mass is 16.6. The number of carbonyl (C=O) groups excluding carboxylic acids is 1. The van der Waals surface area contributed by atoms with E-state index in [0.29, 0.717) is 23.8 Å². The first-order valence-electron chi connectivity index (χ1n) is 9.95. The number of nitrogens with one attached hydrogen (secondary N) is 1. The predicted molar refractivity (Wildman–Crippen MR) is 121 cm³/mol. The zero-order chi connectivity index (χ0) is 24.0. The van der Waals surface area contributed by atoms with Gasteiger partial charge < -0.3 is 24.3 Å². The van der Waals surface area contributed by atoms with Crippen LogP contribution in [0.2, 0.25) is 0 Å². The van der Waals surface area contributed by atoms with Crippen molar-refractivity contribution >= 4 is 17.3 Å². The highest BCUT2D eigenvalue weighted by Crippen LogP contribution is 2.35. The molecule has 2 aromatic carbocycles. The Kier molecular flexibility index (Phi) is 7.29. The largest absolute Gasteiger partial charge is 0.493 e. The number of anilines is 1. The summed E-state index contributed by atoms with van der Waals surface area (Å²) >= 11 is 0. The van der Waals surface area contributed by atoms with Crippen LogP contribution in [0.1, 0.15) is 22.8 Å². The molecule has 0 atom stereocenters. The second kappa shape index (κ2) is 10.3. The van der Waals surface area contributed by atoms with E-state index < -0.39 is 16.5 Å². The van der Waals surface area contributed by atoms with Crippen LogP contribution in [0.25, 0.3) is 0 Å². The van der Waals surface area contributed by atoms with Crippen molar-refractivity contribution in [2.24, 2.45) is 0 Å². The summed E-state index contributed by atoms with van der Waals surface area (Å²) in [7, 11) is 2.91. The molecular weight excluding hydrogens is 430 g/mol. The average molecular weight is 453 g/mol. The summed E-state index contributed by atoms with van der Waals surface area (Å²) < 4.78 is 21.6. The molecule has 0 saturated heterocycles. The molecule has 172 valence electrons. The summed E-state index contributed by atoms with van der Waals surface area (Å²) in [6.45, 7) is 3.99. The number of aryl methyl sites for hydroxylation is 1. The molecule has 3 rings (SSSR count). The molecule has 0 fully saturated rings. The van der Waals surface area contributed by atoms with E-state index in [1.54, 1.807) is 32.2 Å². The SMILES string of the molecule is CCOc1cc(C(=O)Nc2ccc(Oc3ccc(C)cc3OC)nc2)c([N+](=O)[O-])cc1OC. The normalized spacial score (nSPS) is 10.3. The van der Waals surface area contributed by atoms with Crippen LogP contribution in [0.15, 0.2) is 48.7 Å². The van der Waals surface area contributed by atoms with E-state index in [1.165, 1.54) is 19.4 Å². The lowest BCUT2D eigenvalue weighted by molar-refractivity contribution is -0.385. The van der Waals surface area contributed by atoms with Gasteiger partial charge in [0.1, 0.15) is 5.56 Å². The minimum Gasteiger partial charge on any atom is -0.493 e. The van der Waals surface area contributed by atoms with Gasteiger partial charge in [-0.25, -0.2) is 4.98 Å². The minimum atomic E-state index is -0.694. The zero-order valence-electron chi connectivity index (χ0n) is 18.6. The number of aromatic nitrogens is 1. The monoisotopic (exact) mass is 453 g/mol. The number of methoxy groups -OCH3 is 2. The highest BCUT2D eigenvalue weighted by molar-refractivity contribution is 6.07. The third kappa shape index (κ3) is 5.48. The number of pyridine rings is 1. The standard InChI is InChI=1S/C23H23N3O7/c1-5-32-21-11-16(17(26(28)29)12-20(21)31-4)23(27)25-15-7-9-22(24-13-15)33-18-8-6-14(2)10-19(18)30-3/h6-13H,5H2,1-4H3,(H,25,27). The molecule has 0 spiro atoms. The molecule has 0 saturated carbocycles. The van der Waals surface area contributed by atoms with E-state index in [4.69, 9.17) is 18.9 Å². The lowest BCUT2D eigenvalue weighted by Crippen LogP contribution is -2.15. The van der Waals surface area contributed by atoms with Gasteiger partial charge in [-0.2, -0.15) is 0 Å². The van der Waals surface area contributed by atoms with E-state index in [0.717, 1.165) is 11.6 Å². The van der Waals surface area contributed by atoms with Crippen molar-refractivity contribution in [1.82, 2.24) is 4.98 Å². The van der Waals surface area contributed by atoms with Gasteiger partial charge in [-0.1, -0.05) is 6.07 Å². The topological polar surface area (TPSA) is 122 Å². The fraction of sp³-hybridized carbons (Fsp3) is 0.217. The lowest BCUT2D eigenvalue weighted by atomic mass is 10.1. The summed E-state index contributed by atoms with van der Waals surface area (Å²) in [5.41, 5.74) is 0.762. The van der Waals surface area contributed by atoms with Crippen LogP contribution in [0.4, 0.5) is 11.4 Å². The molecule has 0 aliphatic rings. The average Bonchev–Trinajstić information content (AvgIpc) is 2.81. The minimum absolute atomic E-state index is 0.162. The van der Waals surface area contributed by atoms with Crippen molar-refractivity contribution in [2.75, 3.05) is 26.1 Å². The van der Waals surface area contributed by atoms with Gasteiger partial charge in [-0.05, 0) is 37.6 Å². The lowest BCUT2D eigenvalue weighted by Gasteiger charge is -2.12. The number of rotatable bonds is 9. The van der Waals surface area contributed by atoms with Crippen LogP contribution < -0.4 is 24.3 Å². The van der Waals surface area contributed by atoms with Gasteiger partial charge in [0.25, 0.3) is 11.6 Å². The van der Waals surface area contributed by atoms with Crippen LogP contribution in [0.5, 0.6) is 28.9 Å². The number of carbonyl (C=O) groups is 1. The van der Waals surface area contributed by atoms with Crippen LogP contribution in [0.3, 0.4) is 0 Å².